The number of nitrogens with one attached hydrogen (secondary N) is 1. The molecule has 2 amide bonds. The van der Waals surface area contributed by atoms with Crippen LogP contribution in [-0.4, -0.2) is 46.3 Å². The van der Waals surface area contributed by atoms with Gasteiger partial charge in [-0.3, -0.25) is 14.3 Å². The number of ether oxygens (including phenoxy) is 1. The van der Waals surface area contributed by atoms with Crippen molar-refractivity contribution in [1.82, 2.24) is 14.8 Å². The first-order chi connectivity index (χ1) is 18.1. The second-order valence-electron chi connectivity index (χ2n) is 10.1. The van der Waals surface area contributed by atoms with Crippen LogP contribution >= 0.6 is 0 Å². The fraction of sp³-hybridized carbons (Fsp3) is 0.393. The lowest BCUT2D eigenvalue weighted by Gasteiger charge is -2.21. The number of carbonyl (C=O) groups excluding carboxylic acids is 2. The Hall–Kier alpha value is -4.03. The maximum Gasteiger partial charge on any atom is 0.247 e. The fourth-order valence-electron chi connectivity index (χ4n) is 5.44. The van der Waals surface area contributed by atoms with Crippen molar-refractivity contribution in [3.8, 4) is 17.2 Å². The quantitative estimate of drug-likeness (QED) is 0.533. The summed E-state index contributed by atoms with van der Waals surface area (Å²) in [5, 5.41) is 17.1. The van der Waals surface area contributed by atoms with E-state index in [-0.39, 0.29) is 30.2 Å². The summed E-state index contributed by atoms with van der Waals surface area (Å²) in [5.74, 6) is 0.213. The lowest BCUT2D eigenvalue weighted by molar-refractivity contribution is -0.123. The molecule has 0 spiro atoms. The molecule has 3 aliphatic rings. The third-order valence-corrected chi connectivity index (χ3v) is 7.66. The van der Waals surface area contributed by atoms with Crippen molar-refractivity contribution in [1.29, 1.82) is 5.26 Å². The van der Waals surface area contributed by atoms with Crippen LogP contribution in [0.2, 0.25) is 0 Å². The van der Waals surface area contributed by atoms with E-state index in [1.54, 1.807) is 23.2 Å². The first-order valence-electron chi connectivity index (χ1n) is 12.8. The Bertz CT molecular complexity index is 1380. The number of nitriles is 1. The highest BCUT2D eigenvalue weighted by Crippen LogP contribution is 2.51. The highest BCUT2D eigenvalue weighted by molar-refractivity contribution is 6.02. The zero-order valence-electron chi connectivity index (χ0n) is 20.5. The third-order valence-electron chi connectivity index (χ3n) is 7.66. The van der Waals surface area contributed by atoms with E-state index in [0.717, 1.165) is 42.6 Å². The van der Waals surface area contributed by atoms with Gasteiger partial charge in [-0.15, -0.1) is 0 Å². The standard InChI is InChI=1S/C28H28N6O3/c29-18-28(22-4-5-22)8-10-33(27(28)36)23-6-9-30-25(14-23)32-26(35)13-19-2-1-3-20(12-19)21-15-31-34(16-21)24-7-11-37-17-24/h1-3,6,9,12,14-16,22,24H,4-5,7-8,10-11,13,17H2,(H,30,32,35)/t24?,28-/m1/s1. The minimum Gasteiger partial charge on any atom is -0.379 e. The van der Waals surface area contributed by atoms with Gasteiger partial charge in [0.1, 0.15) is 11.2 Å². The van der Waals surface area contributed by atoms with Gasteiger partial charge >= 0.3 is 0 Å². The molecular formula is C28H28N6O3. The number of hydrogen-bond acceptors (Lipinski definition) is 6. The number of pyridine rings is 1. The maximum atomic E-state index is 13.1. The van der Waals surface area contributed by atoms with E-state index in [9.17, 15) is 14.9 Å². The SMILES string of the molecule is N#C[C@@]1(C2CC2)CCN(c2ccnc(NC(=O)Cc3cccc(-c4cnn(C5CCOC5)c4)c3)c2)C1=O. The van der Waals surface area contributed by atoms with Gasteiger partial charge in [-0.1, -0.05) is 24.3 Å². The largest absolute Gasteiger partial charge is 0.379 e. The first kappa shape index (κ1) is 23.4. The molecule has 4 heterocycles. The topological polar surface area (TPSA) is 113 Å². The monoisotopic (exact) mass is 496 g/mol. The average molecular weight is 497 g/mol. The summed E-state index contributed by atoms with van der Waals surface area (Å²) in [7, 11) is 0. The summed E-state index contributed by atoms with van der Waals surface area (Å²) >= 11 is 0. The Kier molecular flexibility index (Phi) is 5.97. The zero-order chi connectivity index (χ0) is 25.4. The van der Waals surface area contributed by atoms with Crippen LogP contribution in [0.25, 0.3) is 11.1 Å². The summed E-state index contributed by atoms with van der Waals surface area (Å²) in [6, 6.07) is 13.9. The van der Waals surface area contributed by atoms with Gasteiger partial charge in [-0.25, -0.2) is 4.98 Å². The Balaban J connectivity index is 1.12. The number of anilines is 2. The number of benzene rings is 1. The number of hydrogen-bond donors (Lipinski definition) is 1. The van der Waals surface area contributed by atoms with Gasteiger partial charge in [0.05, 0.1) is 31.3 Å². The second-order valence-corrected chi connectivity index (χ2v) is 10.1. The summed E-state index contributed by atoms with van der Waals surface area (Å²) < 4.78 is 7.42. The van der Waals surface area contributed by atoms with Crippen LogP contribution < -0.4 is 10.2 Å². The van der Waals surface area contributed by atoms with Crippen molar-refractivity contribution in [2.24, 2.45) is 11.3 Å². The second kappa shape index (κ2) is 9.45. The normalized spacial score (nSPS) is 23.3. The molecule has 0 radical (unpaired) electrons. The molecule has 9 heteroatoms. The van der Waals surface area contributed by atoms with Crippen molar-refractivity contribution >= 4 is 23.3 Å². The molecule has 2 saturated heterocycles. The van der Waals surface area contributed by atoms with Crippen molar-refractivity contribution in [2.75, 3.05) is 30.0 Å². The van der Waals surface area contributed by atoms with E-state index < -0.39 is 5.41 Å². The molecule has 6 rings (SSSR count). The molecule has 2 aromatic heterocycles. The molecule has 3 fully saturated rings. The Labute approximate surface area is 215 Å². The van der Waals surface area contributed by atoms with Gasteiger partial charge in [0.2, 0.25) is 11.8 Å². The molecule has 9 nitrogen and oxygen atoms in total. The molecule has 188 valence electrons. The lowest BCUT2D eigenvalue weighted by atomic mass is 9.83. The van der Waals surface area contributed by atoms with E-state index in [1.165, 1.54) is 0 Å². The summed E-state index contributed by atoms with van der Waals surface area (Å²) in [6.45, 7) is 1.94. The fourth-order valence-corrected chi connectivity index (χ4v) is 5.44. The highest BCUT2D eigenvalue weighted by Gasteiger charge is 2.56. The van der Waals surface area contributed by atoms with E-state index in [0.29, 0.717) is 31.1 Å². The van der Waals surface area contributed by atoms with Gasteiger partial charge in [0, 0.05) is 42.9 Å². The van der Waals surface area contributed by atoms with Crippen LogP contribution in [0.5, 0.6) is 0 Å². The predicted molar refractivity (Wildman–Crippen MR) is 136 cm³/mol. The van der Waals surface area contributed by atoms with Crippen LogP contribution in [0.3, 0.4) is 0 Å². The number of amides is 2. The van der Waals surface area contributed by atoms with Crippen LogP contribution in [0, 0.1) is 22.7 Å². The molecule has 1 aliphatic carbocycles. The van der Waals surface area contributed by atoms with Crippen molar-refractivity contribution in [3.05, 3.63) is 60.6 Å². The maximum absolute atomic E-state index is 13.1. The predicted octanol–water partition coefficient (Wildman–Crippen LogP) is 3.74. The molecule has 1 unspecified atom stereocenters. The number of aromatic nitrogens is 3. The highest BCUT2D eigenvalue weighted by atomic mass is 16.5. The summed E-state index contributed by atoms with van der Waals surface area (Å²) in [6.07, 6.45) is 9.01. The minimum absolute atomic E-state index is 0.137. The molecular weight excluding hydrogens is 468 g/mol. The Morgan fingerprint density at radius 1 is 1.22 bits per heavy atom. The van der Waals surface area contributed by atoms with E-state index in [1.807, 2.05) is 41.3 Å². The molecule has 1 N–H and O–H groups in total. The third kappa shape index (κ3) is 4.49. The molecule has 0 bridgehead atoms. The molecule has 1 aromatic carbocycles. The van der Waals surface area contributed by atoms with Crippen LogP contribution in [-0.2, 0) is 20.7 Å². The van der Waals surface area contributed by atoms with Gasteiger partial charge in [0.15, 0.2) is 0 Å². The van der Waals surface area contributed by atoms with Gasteiger partial charge < -0.3 is 15.0 Å². The number of carbonyl (C=O) groups is 2. The minimum atomic E-state index is -0.904. The number of nitrogens with zero attached hydrogens (tertiary/aromatic N) is 5. The average Bonchev–Trinajstić information content (AvgIpc) is 3.30. The molecule has 1 saturated carbocycles. The lowest BCUT2D eigenvalue weighted by Crippen LogP contribution is -2.35. The molecule has 3 aromatic rings. The molecule has 37 heavy (non-hydrogen) atoms. The summed E-state index contributed by atoms with van der Waals surface area (Å²) in [4.78, 5) is 31.9. The molecule has 2 aliphatic heterocycles. The zero-order valence-corrected chi connectivity index (χ0v) is 20.5. The van der Waals surface area contributed by atoms with E-state index in [2.05, 4.69) is 21.5 Å². The van der Waals surface area contributed by atoms with E-state index in [4.69, 9.17) is 4.74 Å². The van der Waals surface area contributed by atoms with E-state index >= 15 is 0 Å². The van der Waals surface area contributed by atoms with Gasteiger partial charge in [0.25, 0.3) is 0 Å². The van der Waals surface area contributed by atoms with Crippen LogP contribution in [0.1, 0.15) is 37.3 Å². The first-order valence-corrected chi connectivity index (χ1v) is 12.8. The molecule has 2 atom stereocenters. The van der Waals surface area contributed by atoms with Crippen LogP contribution in [0.15, 0.2) is 55.0 Å². The smallest absolute Gasteiger partial charge is 0.247 e. The van der Waals surface area contributed by atoms with Gasteiger partial charge in [-0.2, -0.15) is 10.4 Å². The van der Waals surface area contributed by atoms with Crippen LogP contribution in [0.4, 0.5) is 11.5 Å². The number of rotatable bonds is 7. The Morgan fingerprint density at radius 2 is 2.11 bits per heavy atom. The van der Waals surface area contributed by atoms with Gasteiger partial charge in [-0.05, 0) is 48.8 Å². The Morgan fingerprint density at radius 3 is 2.89 bits per heavy atom. The van der Waals surface area contributed by atoms with Crippen molar-refractivity contribution < 1.29 is 14.3 Å². The van der Waals surface area contributed by atoms with Crippen molar-refractivity contribution in [3.63, 3.8) is 0 Å². The summed E-state index contributed by atoms with van der Waals surface area (Å²) in [5.41, 5.74) is 2.62. The van der Waals surface area contributed by atoms with Crippen molar-refractivity contribution in [2.45, 2.75) is 38.1 Å².